The zero-order valence-electron chi connectivity index (χ0n) is 28.2. The number of unbranched alkanes of at least 4 members (excludes halogenated alkanes) is 16. The van der Waals surface area contributed by atoms with Crippen molar-refractivity contribution in [3.8, 4) is 0 Å². The van der Waals surface area contributed by atoms with E-state index in [-0.39, 0.29) is 25.7 Å². The lowest BCUT2D eigenvalue weighted by atomic mass is 10.1. The summed E-state index contributed by atoms with van der Waals surface area (Å²) in [6, 6.07) is 0. The van der Waals surface area contributed by atoms with Crippen LogP contribution in [0.5, 0.6) is 0 Å². The van der Waals surface area contributed by atoms with Crippen LogP contribution in [0.2, 0.25) is 0 Å². The van der Waals surface area contributed by atoms with E-state index < -0.39 is 23.9 Å². The van der Waals surface area contributed by atoms with Gasteiger partial charge in [0.2, 0.25) is 0 Å². The van der Waals surface area contributed by atoms with Crippen molar-refractivity contribution >= 4 is 23.9 Å². The van der Waals surface area contributed by atoms with Crippen LogP contribution < -0.4 is 0 Å². The van der Waals surface area contributed by atoms with Gasteiger partial charge in [-0.2, -0.15) is 0 Å². The number of aliphatic carboxylic acids is 4. The molecular formula is C35H66N2O8. The fourth-order valence-corrected chi connectivity index (χ4v) is 5.76. The molecule has 0 aliphatic rings. The molecule has 0 aliphatic heterocycles. The summed E-state index contributed by atoms with van der Waals surface area (Å²) in [4.78, 5) is 48.1. The van der Waals surface area contributed by atoms with E-state index in [9.17, 15) is 19.2 Å². The van der Waals surface area contributed by atoms with Crippen LogP contribution in [0.15, 0.2) is 0 Å². The van der Waals surface area contributed by atoms with Crippen LogP contribution in [-0.4, -0.2) is 93.4 Å². The Balaban J connectivity index is 4.64. The minimum atomic E-state index is -0.718. The van der Waals surface area contributed by atoms with Gasteiger partial charge in [-0.3, -0.25) is 19.2 Å². The third-order valence-electron chi connectivity index (χ3n) is 8.41. The first-order valence-corrected chi connectivity index (χ1v) is 18.0. The summed E-state index contributed by atoms with van der Waals surface area (Å²) in [5.74, 6) is -2.87. The third kappa shape index (κ3) is 34.5. The zero-order chi connectivity index (χ0) is 33.4. The molecule has 0 heterocycles. The van der Waals surface area contributed by atoms with Gasteiger partial charge in [0, 0.05) is 25.7 Å². The van der Waals surface area contributed by atoms with Gasteiger partial charge in [-0.1, -0.05) is 77.0 Å². The molecule has 0 saturated carbocycles. The molecule has 0 atom stereocenters. The Morgan fingerprint density at radius 3 is 0.667 bits per heavy atom. The summed E-state index contributed by atoms with van der Waals surface area (Å²) in [5, 5.41) is 35.3. The van der Waals surface area contributed by atoms with Gasteiger partial charge >= 0.3 is 23.9 Å². The summed E-state index contributed by atoms with van der Waals surface area (Å²) in [7, 11) is 0. The van der Waals surface area contributed by atoms with Gasteiger partial charge in [-0.05, 0) is 97.1 Å². The van der Waals surface area contributed by atoms with Crippen LogP contribution in [0.4, 0.5) is 0 Å². The summed E-state index contributed by atoms with van der Waals surface area (Å²) in [6.45, 7) is 6.35. The first-order valence-electron chi connectivity index (χ1n) is 18.0. The Labute approximate surface area is 272 Å². The Morgan fingerprint density at radius 1 is 0.267 bits per heavy atom. The summed E-state index contributed by atoms with van der Waals surface area (Å²) in [5.41, 5.74) is 0. The lowest BCUT2D eigenvalue weighted by Gasteiger charge is -2.26. The van der Waals surface area contributed by atoms with E-state index in [1.165, 1.54) is 0 Å². The van der Waals surface area contributed by atoms with E-state index in [0.717, 1.165) is 174 Å². The number of carboxylic acid groups (broad SMARTS) is 4. The van der Waals surface area contributed by atoms with Crippen LogP contribution >= 0.6 is 0 Å². The average molecular weight is 643 g/mol. The normalized spacial score (nSPS) is 11.4. The van der Waals surface area contributed by atoms with Crippen LogP contribution in [0.3, 0.4) is 0 Å². The van der Waals surface area contributed by atoms with Crippen molar-refractivity contribution in [3.05, 3.63) is 0 Å². The highest BCUT2D eigenvalue weighted by Crippen LogP contribution is 2.12. The molecule has 0 amide bonds. The maximum atomic E-state index is 10.7. The molecular weight excluding hydrogens is 576 g/mol. The van der Waals surface area contributed by atoms with Gasteiger partial charge in [0.05, 0.1) is 0 Å². The van der Waals surface area contributed by atoms with Crippen molar-refractivity contribution in [2.24, 2.45) is 0 Å². The Morgan fingerprint density at radius 2 is 0.444 bits per heavy atom. The van der Waals surface area contributed by atoms with E-state index in [1.807, 2.05) is 0 Å². The molecule has 4 N–H and O–H groups in total. The monoisotopic (exact) mass is 642 g/mol. The molecule has 0 unspecified atom stereocenters. The molecule has 0 saturated heterocycles. The van der Waals surface area contributed by atoms with Gasteiger partial charge < -0.3 is 30.2 Å². The highest BCUT2D eigenvalue weighted by atomic mass is 16.4. The average Bonchev–Trinajstić information content (AvgIpc) is 2.97. The van der Waals surface area contributed by atoms with Crippen LogP contribution in [0.25, 0.3) is 0 Å². The van der Waals surface area contributed by atoms with Crippen LogP contribution in [-0.2, 0) is 19.2 Å². The van der Waals surface area contributed by atoms with Crippen molar-refractivity contribution in [1.82, 2.24) is 9.80 Å². The predicted octanol–water partition coefficient (Wildman–Crippen LogP) is 7.68. The largest absolute Gasteiger partial charge is 0.481 e. The first-order chi connectivity index (χ1) is 21.7. The third-order valence-corrected chi connectivity index (χ3v) is 8.41. The van der Waals surface area contributed by atoms with Gasteiger partial charge in [-0.15, -0.1) is 0 Å². The van der Waals surface area contributed by atoms with Crippen LogP contribution in [0, 0.1) is 0 Å². The lowest BCUT2D eigenvalue weighted by Crippen LogP contribution is -2.32. The summed E-state index contributed by atoms with van der Waals surface area (Å²) in [6.07, 6.45) is 22.3. The standard InChI is InChI=1S/C35H66N2O8/c38-32(39)22-13-5-1-9-17-26-36(27-18-10-2-6-14-23-33(40)41)30-21-31-37(28-19-11-3-7-15-24-34(42)43)29-20-12-4-8-16-25-35(44)45/h1-31H2,(H,38,39)(H,40,41)(H,42,43)(H,44,45). The summed E-state index contributed by atoms with van der Waals surface area (Å²) >= 11 is 0. The maximum absolute atomic E-state index is 10.7. The molecule has 0 aromatic heterocycles. The molecule has 0 aromatic carbocycles. The molecule has 10 nitrogen and oxygen atoms in total. The van der Waals surface area contributed by atoms with Gasteiger partial charge in [0.25, 0.3) is 0 Å². The van der Waals surface area contributed by atoms with E-state index in [1.54, 1.807) is 0 Å². The number of carbonyl (C=O) groups is 4. The van der Waals surface area contributed by atoms with E-state index in [2.05, 4.69) is 9.80 Å². The Bertz CT molecular complexity index is 633. The van der Waals surface area contributed by atoms with Crippen molar-refractivity contribution in [2.45, 2.75) is 161 Å². The van der Waals surface area contributed by atoms with Crippen molar-refractivity contribution in [1.29, 1.82) is 0 Å². The minimum absolute atomic E-state index is 0.254. The molecule has 10 heteroatoms. The van der Waals surface area contributed by atoms with Crippen molar-refractivity contribution in [2.75, 3.05) is 39.3 Å². The Kier molecular flexibility index (Phi) is 30.2. The number of nitrogens with zero attached hydrogens (tertiary/aromatic N) is 2. The second-order valence-corrected chi connectivity index (χ2v) is 12.7. The topological polar surface area (TPSA) is 156 Å². The highest BCUT2D eigenvalue weighted by molar-refractivity contribution is 5.67. The maximum Gasteiger partial charge on any atom is 0.303 e. The second kappa shape index (κ2) is 31.8. The molecule has 0 spiro atoms. The fraction of sp³-hybridized carbons (Fsp3) is 0.886. The molecule has 0 aromatic rings. The number of hydrogen-bond donors (Lipinski definition) is 4. The number of rotatable bonds is 36. The van der Waals surface area contributed by atoms with Crippen molar-refractivity contribution in [3.63, 3.8) is 0 Å². The quantitative estimate of drug-likeness (QED) is 0.0500. The van der Waals surface area contributed by atoms with Crippen molar-refractivity contribution < 1.29 is 39.6 Å². The van der Waals surface area contributed by atoms with Crippen LogP contribution in [0.1, 0.15) is 161 Å². The molecule has 45 heavy (non-hydrogen) atoms. The summed E-state index contributed by atoms with van der Waals surface area (Å²) < 4.78 is 0. The Hall–Kier alpha value is -2.20. The fourth-order valence-electron chi connectivity index (χ4n) is 5.76. The first kappa shape index (κ1) is 42.8. The second-order valence-electron chi connectivity index (χ2n) is 12.7. The molecule has 0 fully saturated rings. The molecule has 0 aliphatic carbocycles. The molecule has 0 radical (unpaired) electrons. The zero-order valence-corrected chi connectivity index (χ0v) is 28.2. The smallest absolute Gasteiger partial charge is 0.303 e. The van der Waals surface area contributed by atoms with Gasteiger partial charge in [0.1, 0.15) is 0 Å². The van der Waals surface area contributed by atoms with E-state index in [4.69, 9.17) is 20.4 Å². The predicted molar refractivity (Wildman–Crippen MR) is 179 cm³/mol. The lowest BCUT2D eigenvalue weighted by molar-refractivity contribution is -0.138. The number of carboxylic acids is 4. The SMILES string of the molecule is O=C(O)CCCCCCCN(CCCCCCCC(=O)O)CCCN(CCCCCCCC(=O)O)CCCCCCCC(=O)O. The molecule has 0 rings (SSSR count). The molecule has 264 valence electrons. The van der Waals surface area contributed by atoms with Gasteiger partial charge in [0.15, 0.2) is 0 Å². The molecule has 0 bridgehead atoms. The van der Waals surface area contributed by atoms with E-state index in [0.29, 0.717) is 0 Å². The minimum Gasteiger partial charge on any atom is -0.481 e. The highest BCUT2D eigenvalue weighted by Gasteiger charge is 2.10. The number of hydrogen-bond acceptors (Lipinski definition) is 6. The van der Waals surface area contributed by atoms with E-state index >= 15 is 0 Å². The van der Waals surface area contributed by atoms with Gasteiger partial charge in [-0.25, -0.2) is 0 Å².